The van der Waals surface area contributed by atoms with Crippen LogP contribution in [0.2, 0.25) is 0 Å². The van der Waals surface area contributed by atoms with Gasteiger partial charge in [0.15, 0.2) is 0 Å². The third-order valence-electron chi connectivity index (χ3n) is 5.20. The minimum Gasteiger partial charge on any atom is -0.378 e. The summed E-state index contributed by atoms with van der Waals surface area (Å²) in [6, 6.07) is 9.82. The first-order valence-corrected chi connectivity index (χ1v) is 11.4. The number of sulfonamides is 1. The summed E-state index contributed by atoms with van der Waals surface area (Å²) in [5, 5.41) is 5.75. The second-order valence-electron chi connectivity index (χ2n) is 7.64. The summed E-state index contributed by atoms with van der Waals surface area (Å²) in [6.45, 7) is 0.678. The van der Waals surface area contributed by atoms with Crippen LogP contribution >= 0.6 is 0 Å². The van der Waals surface area contributed by atoms with Crippen LogP contribution in [0.15, 0.2) is 53.4 Å². The zero-order chi connectivity index (χ0) is 23.5. The Hall–Kier alpha value is -2.63. The predicted octanol–water partition coefficient (Wildman–Crippen LogP) is 2.05. The Morgan fingerprint density at radius 2 is 1.75 bits per heavy atom. The second-order valence-corrected chi connectivity index (χ2v) is 9.53. The molecule has 0 aliphatic carbocycles. The minimum atomic E-state index is -4.56. The maximum absolute atomic E-state index is 13.1. The van der Waals surface area contributed by atoms with Crippen molar-refractivity contribution in [3.05, 3.63) is 59.7 Å². The van der Waals surface area contributed by atoms with Crippen molar-refractivity contribution in [3.63, 3.8) is 0 Å². The molecule has 2 aromatic rings. The number of carbonyl (C=O) groups excluding carboxylic acids is 1. The summed E-state index contributed by atoms with van der Waals surface area (Å²) in [7, 11) is -0.326. The van der Waals surface area contributed by atoms with Crippen LogP contribution in [-0.2, 0) is 27.5 Å². The Kier molecular flexibility index (Phi) is 7.11. The zero-order valence-corrected chi connectivity index (χ0v) is 18.5. The molecule has 2 aromatic carbocycles. The Labute approximate surface area is 185 Å². The highest BCUT2D eigenvalue weighted by molar-refractivity contribution is 7.89. The van der Waals surface area contributed by atoms with Crippen LogP contribution in [0.4, 0.5) is 18.9 Å². The van der Waals surface area contributed by atoms with Crippen molar-refractivity contribution in [2.75, 3.05) is 38.6 Å². The Balaban J connectivity index is 1.73. The van der Waals surface area contributed by atoms with E-state index in [9.17, 15) is 26.4 Å². The molecule has 1 heterocycles. The van der Waals surface area contributed by atoms with Gasteiger partial charge >= 0.3 is 6.18 Å². The number of hydrogen-bond donors (Lipinski definition) is 2. The smallest absolute Gasteiger partial charge is 0.378 e. The van der Waals surface area contributed by atoms with Crippen LogP contribution < -0.4 is 15.5 Å². The van der Waals surface area contributed by atoms with Gasteiger partial charge in [0.05, 0.1) is 10.5 Å². The van der Waals surface area contributed by atoms with E-state index in [2.05, 4.69) is 10.6 Å². The van der Waals surface area contributed by atoms with Gasteiger partial charge in [0, 0.05) is 46.0 Å². The van der Waals surface area contributed by atoms with Gasteiger partial charge in [0.25, 0.3) is 0 Å². The van der Waals surface area contributed by atoms with E-state index in [1.54, 1.807) is 0 Å². The van der Waals surface area contributed by atoms with Gasteiger partial charge in [-0.2, -0.15) is 17.5 Å². The van der Waals surface area contributed by atoms with Crippen LogP contribution in [0.25, 0.3) is 0 Å². The van der Waals surface area contributed by atoms with Gasteiger partial charge in [-0.3, -0.25) is 4.79 Å². The zero-order valence-electron chi connectivity index (χ0n) is 17.7. The normalized spacial score (nSPS) is 17.7. The van der Waals surface area contributed by atoms with Gasteiger partial charge in [-0.25, -0.2) is 8.42 Å². The molecule has 7 nitrogen and oxygen atoms in total. The monoisotopic (exact) mass is 470 g/mol. The summed E-state index contributed by atoms with van der Waals surface area (Å²) < 4.78 is 65.6. The molecule has 0 saturated carbocycles. The molecule has 0 aromatic heterocycles. The Morgan fingerprint density at radius 1 is 1.12 bits per heavy atom. The van der Waals surface area contributed by atoms with E-state index in [0.29, 0.717) is 6.54 Å². The van der Waals surface area contributed by atoms with Gasteiger partial charge in [-0.05, 0) is 42.0 Å². The molecule has 0 bridgehead atoms. The fourth-order valence-electron chi connectivity index (χ4n) is 3.37. The van der Waals surface area contributed by atoms with Crippen molar-refractivity contribution in [3.8, 4) is 0 Å². The lowest BCUT2D eigenvalue weighted by atomic mass is 10.2. The highest BCUT2D eigenvalue weighted by Crippen LogP contribution is 2.30. The van der Waals surface area contributed by atoms with E-state index in [4.69, 9.17) is 0 Å². The quantitative estimate of drug-likeness (QED) is 0.676. The molecule has 0 spiro atoms. The lowest BCUT2D eigenvalue weighted by molar-refractivity contribution is -0.137. The molecule has 1 amide bonds. The largest absolute Gasteiger partial charge is 0.416 e. The summed E-state index contributed by atoms with van der Waals surface area (Å²) in [6.07, 6.45) is -4.56. The molecule has 11 heteroatoms. The van der Waals surface area contributed by atoms with Gasteiger partial charge in [0.2, 0.25) is 15.9 Å². The number of alkyl halides is 3. The molecule has 1 atom stereocenters. The van der Waals surface area contributed by atoms with Crippen LogP contribution in [0, 0.1) is 0 Å². The van der Waals surface area contributed by atoms with E-state index >= 15 is 0 Å². The van der Waals surface area contributed by atoms with E-state index < -0.39 is 33.7 Å². The van der Waals surface area contributed by atoms with Gasteiger partial charge in [0.1, 0.15) is 6.04 Å². The molecule has 1 fully saturated rings. The number of nitrogens with zero attached hydrogens (tertiary/aromatic N) is 2. The molecular weight excluding hydrogens is 445 g/mol. The fourth-order valence-corrected chi connectivity index (χ4v) is 4.95. The topological polar surface area (TPSA) is 81.8 Å². The lowest BCUT2D eigenvalue weighted by Crippen LogP contribution is -2.59. The Morgan fingerprint density at radius 3 is 2.31 bits per heavy atom. The van der Waals surface area contributed by atoms with E-state index in [1.807, 2.05) is 43.3 Å². The fraction of sp³-hybridized carbons (Fsp3) is 0.381. The molecule has 1 aliphatic rings. The first kappa shape index (κ1) is 24.0. The third kappa shape index (κ3) is 5.40. The molecule has 1 saturated heterocycles. The minimum absolute atomic E-state index is 0.0268. The number of piperazine rings is 1. The number of nitrogens with one attached hydrogen (secondary N) is 2. The van der Waals surface area contributed by atoms with Crippen LogP contribution in [-0.4, -0.2) is 58.4 Å². The molecule has 2 N–H and O–H groups in total. The van der Waals surface area contributed by atoms with Crippen molar-refractivity contribution in [1.29, 1.82) is 0 Å². The second kappa shape index (κ2) is 9.47. The Bertz CT molecular complexity index is 1040. The number of anilines is 1. The summed E-state index contributed by atoms with van der Waals surface area (Å²) in [4.78, 5) is 14.5. The predicted molar refractivity (Wildman–Crippen MR) is 115 cm³/mol. The first-order valence-electron chi connectivity index (χ1n) is 9.94. The lowest BCUT2D eigenvalue weighted by Gasteiger charge is -2.34. The standard InChI is InChI=1S/C21H25F3N4O3S/c1-27(2)17-7-3-15(4-8-17)13-26-20(29)19-14-25-11-12-28(19)32(30,31)18-9-5-16(6-10-18)21(22,23)24/h3-10,19,25H,11-14H2,1-2H3,(H,26,29)/t19-/m1/s1. The van der Waals surface area contributed by atoms with Crippen LogP contribution in [0.5, 0.6) is 0 Å². The number of amides is 1. The number of halogens is 3. The van der Waals surface area contributed by atoms with Crippen molar-refractivity contribution in [1.82, 2.24) is 14.9 Å². The van der Waals surface area contributed by atoms with Crippen molar-refractivity contribution >= 4 is 21.6 Å². The van der Waals surface area contributed by atoms with Gasteiger partial charge in [-0.1, -0.05) is 12.1 Å². The van der Waals surface area contributed by atoms with Gasteiger partial charge in [-0.15, -0.1) is 0 Å². The highest BCUT2D eigenvalue weighted by Gasteiger charge is 2.38. The number of hydrogen-bond acceptors (Lipinski definition) is 5. The maximum atomic E-state index is 13.1. The maximum Gasteiger partial charge on any atom is 0.416 e. The van der Waals surface area contributed by atoms with Gasteiger partial charge < -0.3 is 15.5 Å². The molecular formula is C21H25F3N4O3S. The van der Waals surface area contributed by atoms with Crippen molar-refractivity contribution in [2.45, 2.75) is 23.7 Å². The summed E-state index contributed by atoms with van der Waals surface area (Å²) in [5.74, 6) is -0.482. The third-order valence-corrected chi connectivity index (χ3v) is 7.13. The summed E-state index contributed by atoms with van der Waals surface area (Å²) >= 11 is 0. The van der Waals surface area contributed by atoms with Crippen molar-refractivity contribution < 1.29 is 26.4 Å². The molecule has 0 radical (unpaired) electrons. The highest BCUT2D eigenvalue weighted by atomic mass is 32.2. The average Bonchev–Trinajstić information content (AvgIpc) is 2.77. The molecule has 1 aliphatic heterocycles. The molecule has 32 heavy (non-hydrogen) atoms. The number of benzene rings is 2. The molecule has 0 unspecified atom stereocenters. The van der Waals surface area contributed by atoms with Crippen LogP contribution in [0.1, 0.15) is 11.1 Å². The number of carbonyl (C=O) groups is 1. The van der Waals surface area contributed by atoms with E-state index in [1.165, 1.54) is 0 Å². The SMILES string of the molecule is CN(C)c1ccc(CNC(=O)[C@H]2CNCCN2S(=O)(=O)c2ccc(C(F)(F)F)cc2)cc1. The molecule has 174 valence electrons. The summed E-state index contributed by atoms with van der Waals surface area (Å²) in [5.41, 5.74) is 0.918. The first-order chi connectivity index (χ1) is 15.0. The number of rotatable bonds is 6. The van der Waals surface area contributed by atoms with Crippen LogP contribution in [0.3, 0.4) is 0 Å². The van der Waals surface area contributed by atoms with E-state index in [-0.39, 0.29) is 24.5 Å². The van der Waals surface area contributed by atoms with Crippen molar-refractivity contribution in [2.24, 2.45) is 0 Å². The average molecular weight is 471 g/mol. The van der Waals surface area contributed by atoms with E-state index in [0.717, 1.165) is 39.8 Å². The molecule has 3 rings (SSSR count).